The first-order valence-electron chi connectivity index (χ1n) is 11.7. The van der Waals surface area contributed by atoms with Crippen LogP contribution in [0.25, 0.3) is 22.4 Å². The Morgan fingerprint density at radius 3 is 2.71 bits per heavy atom. The Morgan fingerprint density at radius 1 is 1.09 bits per heavy atom. The predicted molar refractivity (Wildman–Crippen MR) is 135 cm³/mol. The lowest BCUT2D eigenvalue weighted by Gasteiger charge is -2.34. The summed E-state index contributed by atoms with van der Waals surface area (Å²) >= 11 is 0. The lowest BCUT2D eigenvalue weighted by molar-refractivity contribution is 0.150. The van der Waals surface area contributed by atoms with Gasteiger partial charge in [0.25, 0.3) is 0 Å². The van der Waals surface area contributed by atoms with E-state index >= 15 is 0 Å². The first-order chi connectivity index (χ1) is 17.2. The fourth-order valence-corrected chi connectivity index (χ4v) is 4.09. The minimum absolute atomic E-state index is 0.262. The second kappa shape index (κ2) is 10.6. The van der Waals surface area contributed by atoms with E-state index < -0.39 is 0 Å². The van der Waals surface area contributed by atoms with E-state index in [1.54, 1.807) is 4.68 Å². The summed E-state index contributed by atoms with van der Waals surface area (Å²) in [5, 5.41) is 8.14. The molecule has 1 N–H and O–H groups in total. The van der Waals surface area contributed by atoms with Crippen molar-refractivity contribution in [3.8, 4) is 29.5 Å². The van der Waals surface area contributed by atoms with Gasteiger partial charge >= 0.3 is 0 Å². The molecule has 4 aromatic rings. The molecule has 0 radical (unpaired) electrons. The number of likely N-dealkylation sites (N-methyl/N-ethyl adjacent to an activating group) is 1. The Morgan fingerprint density at radius 2 is 1.91 bits per heavy atom. The van der Waals surface area contributed by atoms with Gasteiger partial charge in [0.15, 0.2) is 0 Å². The normalized spacial score (nSPS) is 14.3. The third-order valence-corrected chi connectivity index (χ3v) is 6.07. The number of hydrogen-bond donors (Lipinski definition) is 1. The van der Waals surface area contributed by atoms with Crippen LogP contribution in [0.1, 0.15) is 5.69 Å². The van der Waals surface area contributed by atoms with Gasteiger partial charge in [0, 0.05) is 37.4 Å². The van der Waals surface area contributed by atoms with Crippen molar-refractivity contribution in [2.24, 2.45) is 0 Å². The van der Waals surface area contributed by atoms with Gasteiger partial charge in [-0.05, 0) is 49.5 Å². The van der Waals surface area contributed by atoms with Crippen molar-refractivity contribution < 1.29 is 9.47 Å². The molecule has 0 spiro atoms. The van der Waals surface area contributed by atoms with Crippen molar-refractivity contribution in [2.45, 2.75) is 13.2 Å². The van der Waals surface area contributed by atoms with Crippen LogP contribution in [-0.4, -0.2) is 76.3 Å². The number of piperazine rings is 1. The van der Waals surface area contributed by atoms with E-state index in [2.05, 4.69) is 56.3 Å². The highest BCUT2D eigenvalue weighted by molar-refractivity contribution is 5.83. The van der Waals surface area contributed by atoms with Crippen molar-refractivity contribution in [3.05, 3.63) is 54.4 Å². The molecule has 180 valence electrons. The SMILES string of the molecule is C#CCOCc1cn(CCOc2ccc(-c3nc4ccc(N5CCN(C)CC5)cc4[nH]3)cc2)nn1. The summed E-state index contributed by atoms with van der Waals surface area (Å²) in [6, 6.07) is 14.4. The number of benzene rings is 2. The van der Waals surface area contributed by atoms with Crippen LogP contribution in [0.5, 0.6) is 5.75 Å². The molecule has 9 nitrogen and oxygen atoms in total. The number of ether oxygens (including phenoxy) is 2. The standard InChI is InChI=1S/C26H29N7O2/c1-3-15-34-19-21-18-33(30-29-21)14-16-35-23-7-4-20(5-8-23)26-27-24-9-6-22(17-25(24)28-26)32-12-10-31(2)11-13-32/h1,4-9,17-18H,10-16,19H2,2H3,(H,27,28). The average molecular weight is 472 g/mol. The number of imidazole rings is 1. The van der Waals surface area contributed by atoms with Gasteiger partial charge in [-0.1, -0.05) is 11.1 Å². The largest absolute Gasteiger partial charge is 0.492 e. The van der Waals surface area contributed by atoms with E-state index in [1.165, 1.54) is 5.69 Å². The predicted octanol–water partition coefficient (Wildman–Crippen LogP) is 2.80. The zero-order chi connectivity index (χ0) is 24.0. The summed E-state index contributed by atoms with van der Waals surface area (Å²) in [6.07, 6.45) is 7.01. The number of H-pyrrole nitrogens is 1. The molecule has 1 aliphatic heterocycles. The molecule has 0 saturated carbocycles. The third kappa shape index (κ3) is 5.62. The molecule has 3 heterocycles. The number of aromatic nitrogens is 5. The van der Waals surface area contributed by atoms with Crippen LogP contribution < -0.4 is 9.64 Å². The van der Waals surface area contributed by atoms with Crippen LogP contribution in [-0.2, 0) is 17.9 Å². The van der Waals surface area contributed by atoms with Gasteiger partial charge in [-0.25, -0.2) is 9.67 Å². The van der Waals surface area contributed by atoms with E-state index in [-0.39, 0.29) is 6.61 Å². The smallest absolute Gasteiger partial charge is 0.138 e. The lowest BCUT2D eigenvalue weighted by Crippen LogP contribution is -2.44. The van der Waals surface area contributed by atoms with Gasteiger partial charge in [-0.2, -0.15) is 0 Å². The molecule has 1 aliphatic rings. The number of fused-ring (bicyclic) bond motifs is 1. The number of rotatable bonds is 9. The van der Waals surface area contributed by atoms with Gasteiger partial charge in [-0.15, -0.1) is 11.5 Å². The van der Waals surface area contributed by atoms with Gasteiger partial charge in [0.05, 0.1) is 30.4 Å². The zero-order valence-corrected chi connectivity index (χ0v) is 19.9. The summed E-state index contributed by atoms with van der Waals surface area (Å²) in [7, 11) is 2.17. The topological polar surface area (TPSA) is 84.3 Å². The second-order valence-electron chi connectivity index (χ2n) is 8.62. The highest BCUT2D eigenvalue weighted by Gasteiger charge is 2.15. The Hall–Kier alpha value is -3.87. The third-order valence-electron chi connectivity index (χ3n) is 6.07. The molecule has 2 aromatic carbocycles. The summed E-state index contributed by atoms with van der Waals surface area (Å²) in [5.41, 5.74) is 5.02. The minimum Gasteiger partial charge on any atom is -0.492 e. The monoisotopic (exact) mass is 471 g/mol. The Kier molecular flexibility index (Phi) is 6.93. The maximum absolute atomic E-state index is 5.87. The van der Waals surface area contributed by atoms with Crippen LogP contribution in [0.4, 0.5) is 5.69 Å². The van der Waals surface area contributed by atoms with Gasteiger partial charge in [-0.3, -0.25) is 0 Å². The number of hydrogen-bond acceptors (Lipinski definition) is 7. The van der Waals surface area contributed by atoms with E-state index in [9.17, 15) is 0 Å². The molecule has 35 heavy (non-hydrogen) atoms. The summed E-state index contributed by atoms with van der Waals surface area (Å²) in [6.45, 7) is 5.94. The summed E-state index contributed by atoms with van der Waals surface area (Å²) in [5.74, 6) is 4.07. The Balaban J connectivity index is 1.17. The van der Waals surface area contributed by atoms with Crippen LogP contribution in [0.2, 0.25) is 0 Å². The maximum Gasteiger partial charge on any atom is 0.138 e. The Bertz CT molecular complexity index is 1300. The van der Waals surface area contributed by atoms with Gasteiger partial charge < -0.3 is 24.3 Å². The molecule has 0 bridgehead atoms. The zero-order valence-electron chi connectivity index (χ0n) is 19.9. The number of nitrogens with one attached hydrogen (secondary N) is 1. The molecule has 9 heteroatoms. The van der Waals surface area contributed by atoms with E-state index in [4.69, 9.17) is 20.9 Å². The molecule has 0 atom stereocenters. The van der Waals surface area contributed by atoms with E-state index in [0.29, 0.717) is 19.8 Å². The second-order valence-corrected chi connectivity index (χ2v) is 8.62. The molecule has 2 aromatic heterocycles. The van der Waals surface area contributed by atoms with Crippen LogP contribution >= 0.6 is 0 Å². The summed E-state index contributed by atoms with van der Waals surface area (Å²) < 4.78 is 12.9. The molecule has 1 saturated heterocycles. The summed E-state index contributed by atoms with van der Waals surface area (Å²) in [4.78, 5) is 13.0. The van der Waals surface area contributed by atoms with Crippen molar-refractivity contribution in [2.75, 3.05) is 51.3 Å². The first kappa shape index (κ1) is 22.9. The average Bonchev–Trinajstić information content (AvgIpc) is 3.52. The number of nitrogens with zero attached hydrogens (tertiary/aromatic N) is 6. The molecule has 0 aliphatic carbocycles. The lowest BCUT2D eigenvalue weighted by atomic mass is 10.2. The van der Waals surface area contributed by atoms with Gasteiger partial charge in [0.2, 0.25) is 0 Å². The fourth-order valence-electron chi connectivity index (χ4n) is 4.09. The number of anilines is 1. The molecule has 0 unspecified atom stereocenters. The molecular weight excluding hydrogens is 442 g/mol. The maximum atomic E-state index is 5.87. The highest BCUT2D eigenvalue weighted by Crippen LogP contribution is 2.26. The van der Waals surface area contributed by atoms with Crippen molar-refractivity contribution in [3.63, 3.8) is 0 Å². The molecule has 1 fully saturated rings. The van der Waals surface area contributed by atoms with Crippen molar-refractivity contribution >= 4 is 16.7 Å². The number of terminal acetylenes is 1. The van der Waals surface area contributed by atoms with Crippen LogP contribution in [0.15, 0.2) is 48.7 Å². The van der Waals surface area contributed by atoms with E-state index in [1.807, 2.05) is 30.5 Å². The molecule has 0 amide bonds. The quantitative estimate of drug-likeness (QED) is 0.297. The van der Waals surface area contributed by atoms with Gasteiger partial charge in [0.1, 0.15) is 30.5 Å². The minimum atomic E-state index is 0.262. The molecular formula is C26H29N7O2. The number of aromatic amines is 1. The van der Waals surface area contributed by atoms with Crippen LogP contribution in [0, 0.1) is 12.3 Å². The fraction of sp³-hybridized carbons (Fsp3) is 0.346. The van der Waals surface area contributed by atoms with Crippen molar-refractivity contribution in [1.82, 2.24) is 29.9 Å². The van der Waals surface area contributed by atoms with Crippen molar-refractivity contribution in [1.29, 1.82) is 0 Å². The highest BCUT2D eigenvalue weighted by atomic mass is 16.5. The Labute approximate surface area is 204 Å². The molecule has 5 rings (SSSR count). The van der Waals surface area contributed by atoms with Crippen LogP contribution in [0.3, 0.4) is 0 Å². The first-order valence-corrected chi connectivity index (χ1v) is 11.7. The van der Waals surface area contributed by atoms with E-state index in [0.717, 1.165) is 60.0 Å².